The fraction of sp³-hybridized carbons (Fsp3) is 0.643. The molecule has 5 atom stereocenters. The molecule has 2 aromatic heterocycles. The molecular formula is C14H22ClN5NaO7P. The number of phosphoric acid groups is 1. The van der Waals surface area contributed by atoms with Crippen molar-refractivity contribution in [1.29, 1.82) is 0 Å². The summed E-state index contributed by atoms with van der Waals surface area (Å²) in [6.45, 7) is 1.90. The molecule has 3 rings (SSSR count). The largest absolute Gasteiger partial charge is 1.00 e. The van der Waals surface area contributed by atoms with Gasteiger partial charge in [-0.3, -0.25) is 9.09 Å². The molecule has 1 fully saturated rings. The Balaban J connectivity index is 0.00000210. The number of halogens is 1. The predicted octanol–water partition coefficient (Wildman–Crippen LogP) is -6.30. The van der Waals surface area contributed by atoms with Crippen molar-refractivity contribution in [2.45, 2.75) is 56.8 Å². The summed E-state index contributed by atoms with van der Waals surface area (Å²) >= 11 is 0. The Morgan fingerprint density at radius 1 is 1.31 bits per heavy atom. The van der Waals surface area contributed by atoms with Gasteiger partial charge in [-0.2, -0.15) is 0 Å². The van der Waals surface area contributed by atoms with E-state index in [4.69, 9.17) is 24.8 Å². The molecule has 0 amide bonds. The van der Waals surface area contributed by atoms with Gasteiger partial charge in [0.2, 0.25) is 0 Å². The van der Waals surface area contributed by atoms with E-state index in [1.165, 1.54) is 17.2 Å². The molecule has 158 valence electrons. The second-order valence-corrected chi connectivity index (χ2v) is 7.52. The predicted molar refractivity (Wildman–Crippen MR) is 92.1 cm³/mol. The molecular weight excluding hydrogens is 440 g/mol. The van der Waals surface area contributed by atoms with Gasteiger partial charge in [0.15, 0.2) is 17.7 Å². The first kappa shape index (κ1) is 26.7. The van der Waals surface area contributed by atoms with E-state index in [-0.39, 0.29) is 54.2 Å². The number of hydrogen-bond donors (Lipinski definition) is 5. The topological polar surface area (TPSA) is 186 Å². The third-order valence-electron chi connectivity index (χ3n) is 4.42. The number of rotatable bonds is 7. The standard InChI is InChI=1S/C14H22N5O7P.ClH.Na/c1-2-3-4-7(26-27(22,23)24)11-9(20)10(21)14(25-11)19-6-18-8-12(15)16-5-17-13(8)19;;/h5-7,9-11,14,20-21H,2-4H2,1H3,(H2,15,16,17)(H2,22,23,24);1H;/q;;+1/p-1/t7?,9-,10+,11+,14+;;/m0../s1. The van der Waals surface area contributed by atoms with Gasteiger partial charge in [0.25, 0.3) is 0 Å². The van der Waals surface area contributed by atoms with Crippen LogP contribution in [0.4, 0.5) is 5.82 Å². The van der Waals surface area contributed by atoms with E-state index in [2.05, 4.69) is 15.0 Å². The van der Waals surface area contributed by atoms with Crippen LogP contribution in [-0.2, 0) is 13.8 Å². The minimum Gasteiger partial charge on any atom is -1.00 e. The molecule has 2 aromatic rings. The average Bonchev–Trinajstić information content (AvgIpc) is 3.14. The van der Waals surface area contributed by atoms with Crippen LogP contribution < -0.4 is 47.7 Å². The van der Waals surface area contributed by atoms with Gasteiger partial charge in [-0.1, -0.05) is 19.8 Å². The Morgan fingerprint density at radius 2 is 2.00 bits per heavy atom. The van der Waals surface area contributed by atoms with Crippen LogP contribution in [0.15, 0.2) is 12.7 Å². The van der Waals surface area contributed by atoms with E-state index in [0.717, 1.165) is 6.42 Å². The number of anilines is 1. The first-order chi connectivity index (χ1) is 12.7. The fourth-order valence-electron chi connectivity index (χ4n) is 3.14. The SMILES string of the molecule is CCCCC(OP(=O)(O)O)[C@H]1O[C@@H](n2cnc3c(N)ncnc32)[C@H](O)[C@@H]1O.[Cl-].[Na+]. The van der Waals surface area contributed by atoms with Crippen molar-refractivity contribution < 1.29 is 75.8 Å². The van der Waals surface area contributed by atoms with Gasteiger partial charge in [0.1, 0.15) is 30.2 Å². The summed E-state index contributed by atoms with van der Waals surface area (Å²) < 4.78 is 23.2. The summed E-state index contributed by atoms with van der Waals surface area (Å²) in [6.07, 6.45) is -2.02. The van der Waals surface area contributed by atoms with Crippen molar-refractivity contribution in [3.8, 4) is 0 Å². The monoisotopic (exact) mass is 461 g/mol. The van der Waals surface area contributed by atoms with Crippen LogP contribution in [0, 0.1) is 0 Å². The third kappa shape index (κ3) is 5.86. The fourth-order valence-corrected chi connectivity index (χ4v) is 3.72. The number of phosphoric ester groups is 1. The summed E-state index contributed by atoms with van der Waals surface area (Å²) in [5.74, 6) is 0.147. The van der Waals surface area contributed by atoms with E-state index in [1.807, 2.05) is 6.92 Å². The van der Waals surface area contributed by atoms with Crippen LogP contribution in [0.2, 0.25) is 0 Å². The quantitative estimate of drug-likeness (QED) is 0.195. The number of aromatic nitrogens is 4. The van der Waals surface area contributed by atoms with Crippen LogP contribution in [0.3, 0.4) is 0 Å². The molecule has 1 aliphatic heterocycles. The third-order valence-corrected chi connectivity index (χ3v) is 4.96. The molecule has 0 aliphatic carbocycles. The molecule has 0 aromatic carbocycles. The molecule has 1 unspecified atom stereocenters. The Morgan fingerprint density at radius 3 is 2.62 bits per heavy atom. The first-order valence-electron chi connectivity index (χ1n) is 8.41. The van der Waals surface area contributed by atoms with Crippen molar-refractivity contribution in [1.82, 2.24) is 19.5 Å². The zero-order valence-electron chi connectivity index (χ0n) is 15.9. The summed E-state index contributed by atoms with van der Waals surface area (Å²) in [4.78, 5) is 30.3. The van der Waals surface area contributed by atoms with Crippen molar-refractivity contribution in [2.24, 2.45) is 0 Å². The van der Waals surface area contributed by atoms with Crippen molar-refractivity contribution in [3.05, 3.63) is 12.7 Å². The summed E-state index contributed by atoms with van der Waals surface area (Å²) in [6, 6.07) is 0. The van der Waals surface area contributed by atoms with E-state index in [0.29, 0.717) is 17.6 Å². The van der Waals surface area contributed by atoms with Gasteiger partial charge in [-0.05, 0) is 6.42 Å². The molecule has 1 saturated heterocycles. The number of fused-ring (bicyclic) bond motifs is 1. The number of nitrogens with zero attached hydrogens (tertiary/aromatic N) is 4. The molecule has 3 heterocycles. The Bertz CT molecular complexity index is 855. The van der Waals surface area contributed by atoms with Gasteiger partial charge in [0.05, 0.1) is 12.4 Å². The van der Waals surface area contributed by atoms with Gasteiger partial charge >= 0.3 is 37.4 Å². The molecule has 0 radical (unpaired) electrons. The Hall–Kier alpha value is -0.370. The van der Waals surface area contributed by atoms with Crippen molar-refractivity contribution in [2.75, 3.05) is 5.73 Å². The summed E-state index contributed by atoms with van der Waals surface area (Å²) in [5.41, 5.74) is 6.34. The van der Waals surface area contributed by atoms with E-state index in [1.54, 1.807) is 0 Å². The van der Waals surface area contributed by atoms with Crippen LogP contribution in [0.5, 0.6) is 0 Å². The molecule has 15 heteroatoms. The molecule has 0 saturated carbocycles. The number of unbranched alkanes of at least 4 members (excludes halogenated alkanes) is 1. The zero-order chi connectivity index (χ0) is 19.8. The maximum Gasteiger partial charge on any atom is 1.00 e. The van der Waals surface area contributed by atoms with Gasteiger partial charge in [-0.15, -0.1) is 0 Å². The number of hydrogen-bond acceptors (Lipinski definition) is 9. The van der Waals surface area contributed by atoms with Crippen LogP contribution in [0.1, 0.15) is 32.4 Å². The molecule has 12 nitrogen and oxygen atoms in total. The number of nitrogen functional groups attached to an aromatic ring is 1. The smallest absolute Gasteiger partial charge is 1.00 e. The van der Waals surface area contributed by atoms with E-state index in [9.17, 15) is 14.8 Å². The number of aliphatic hydroxyl groups is 2. The van der Waals surface area contributed by atoms with Crippen molar-refractivity contribution >= 4 is 24.8 Å². The molecule has 29 heavy (non-hydrogen) atoms. The average molecular weight is 462 g/mol. The number of ether oxygens (including phenoxy) is 1. The normalized spacial score (nSPS) is 25.4. The van der Waals surface area contributed by atoms with E-state index < -0.39 is 38.5 Å². The maximum atomic E-state index is 11.3. The van der Waals surface area contributed by atoms with Crippen LogP contribution >= 0.6 is 7.82 Å². The van der Waals surface area contributed by atoms with Crippen LogP contribution in [0.25, 0.3) is 11.2 Å². The second-order valence-electron chi connectivity index (χ2n) is 6.33. The number of nitrogens with two attached hydrogens (primary N) is 1. The zero-order valence-corrected chi connectivity index (χ0v) is 19.5. The maximum absolute atomic E-state index is 11.3. The minimum atomic E-state index is -4.82. The first-order valence-corrected chi connectivity index (χ1v) is 9.94. The molecule has 1 aliphatic rings. The van der Waals surface area contributed by atoms with Crippen molar-refractivity contribution in [3.63, 3.8) is 0 Å². The molecule has 0 spiro atoms. The van der Waals surface area contributed by atoms with Gasteiger partial charge in [0, 0.05) is 0 Å². The molecule has 0 bridgehead atoms. The number of aliphatic hydroxyl groups excluding tert-OH is 2. The Labute approximate surface area is 194 Å². The van der Waals surface area contributed by atoms with Gasteiger partial charge < -0.3 is 42.9 Å². The molecule has 6 N–H and O–H groups in total. The minimum absolute atomic E-state index is 0. The Kier molecular flexibility index (Phi) is 9.91. The summed E-state index contributed by atoms with van der Waals surface area (Å²) in [7, 11) is -4.82. The van der Waals surface area contributed by atoms with Crippen LogP contribution in [-0.4, -0.2) is 63.9 Å². The van der Waals surface area contributed by atoms with E-state index >= 15 is 0 Å². The summed E-state index contributed by atoms with van der Waals surface area (Å²) in [5, 5.41) is 20.9. The van der Waals surface area contributed by atoms with Gasteiger partial charge in [-0.25, -0.2) is 19.5 Å². The number of imidazole rings is 1. The second kappa shape index (κ2) is 10.8.